The zero-order chi connectivity index (χ0) is 87.9. The summed E-state index contributed by atoms with van der Waals surface area (Å²) in [5.74, 6) is -11.1. The number of guanidine groups is 1. The van der Waals surface area contributed by atoms with Crippen LogP contribution in [0.25, 0.3) is 11.2 Å². The summed E-state index contributed by atoms with van der Waals surface area (Å²) in [5, 5.41) is 59.8. The van der Waals surface area contributed by atoms with E-state index in [4.69, 9.17) is 51.0 Å². The topological polar surface area (TPSA) is 629 Å². The van der Waals surface area contributed by atoms with Crippen molar-refractivity contribution in [2.24, 2.45) is 5.73 Å². The molecule has 121 heavy (non-hydrogen) atoms. The van der Waals surface area contributed by atoms with Crippen LogP contribution in [-0.2, 0) is 59.2 Å². The van der Waals surface area contributed by atoms with Crippen LogP contribution in [0, 0.1) is 5.41 Å². The van der Waals surface area contributed by atoms with E-state index in [1.165, 1.54) is 78.4 Å². The number of rotatable bonds is 43. The molecule has 6 heterocycles. The van der Waals surface area contributed by atoms with E-state index in [0.717, 1.165) is 34.1 Å². The van der Waals surface area contributed by atoms with E-state index in [0.29, 0.717) is 72.1 Å². The number of carboxylic acid groups (broad SMARTS) is 3. The molecule has 0 saturated carbocycles. The standard InChI is InChI=1S/C76H96N20O23S2/c1-37-25-52-67(105)89-49-30-57(55(115-6)28-45(49)70(108)95(52)34-37)117-21-9-7-8-20-116-56-29-46(77)44(27-54(56)114-5)69(107)96-35-38(2)26-53(96)71-94(19-22-118-71)76(113)119-23-24-120-121-36-51(73(111)112)91-66(104)50(31-59(98)99)90-63(101)40(4)85-65(103)47(11-10-18-81-74(78)79)87-62(100)39(3)84-58(97)17-16-48(72(109)110)88-64(102)41-12-14-42(15-13-41)82-32-43-33-83-61-60(86-43)68(106)93-75(80)92-61/h12-15,27-30,33,39-40,47-48,50-53,71,82H,1-2,7-11,16-26,31-32,34-36,77H2,3-6H3,(H,84,97)(H,85,103)(H,87,100)(H,88,102)(H,89,105)(H,90,101)(H,91,104)(H,98,99)(H,109,110)(H,111,112)(H4,78,79,81)(H3,80,83,92,93,106)/t39-,40-,47-,48-,50-,51-,52-,53-,71?/m0/s1. The van der Waals surface area contributed by atoms with E-state index in [1.54, 1.807) is 12.1 Å². The molecule has 3 saturated heterocycles. The maximum absolute atomic E-state index is 14.4. The van der Waals surface area contributed by atoms with Gasteiger partial charge in [0.2, 0.25) is 41.4 Å². The lowest BCUT2D eigenvalue weighted by atomic mass is 10.1. The van der Waals surface area contributed by atoms with Crippen molar-refractivity contribution in [3.63, 3.8) is 0 Å². The van der Waals surface area contributed by atoms with E-state index in [1.807, 2.05) is 0 Å². The first-order valence-electron chi connectivity index (χ1n) is 38.1. The number of H-pyrrole nitrogens is 1. The van der Waals surface area contributed by atoms with Gasteiger partial charge in [0.15, 0.2) is 46.3 Å². The highest BCUT2D eigenvalue weighted by atomic mass is 33.1. The molecule has 5 aromatic rings. The molecule has 1 unspecified atom stereocenters. The van der Waals surface area contributed by atoms with Crippen LogP contribution in [0.1, 0.15) is 115 Å². The molecule has 3 fully saturated rings. The molecule has 2 aromatic heterocycles. The van der Waals surface area contributed by atoms with Crippen LogP contribution in [0.3, 0.4) is 0 Å². The largest absolute Gasteiger partial charge is 0.493 e. The summed E-state index contributed by atoms with van der Waals surface area (Å²) < 4.78 is 35.0. The Morgan fingerprint density at radius 2 is 1.37 bits per heavy atom. The molecule has 9 rings (SSSR count). The number of carbonyl (C=O) groups excluding carboxylic acids is 10. The van der Waals surface area contributed by atoms with Crippen molar-refractivity contribution in [1.82, 2.24) is 71.9 Å². The van der Waals surface area contributed by atoms with Gasteiger partial charge in [0, 0.05) is 66.6 Å². The van der Waals surface area contributed by atoms with Crippen LogP contribution in [-0.4, -0.2) is 266 Å². The van der Waals surface area contributed by atoms with Gasteiger partial charge >= 0.3 is 24.0 Å². The maximum atomic E-state index is 14.4. The Labute approximate surface area is 699 Å². The summed E-state index contributed by atoms with van der Waals surface area (Å²) in [4.78, 5) is 203. The number of carbonyl (C=O) groups is 13. The first kappa shape index (κ1) is 91.7. The second-order valence-electron chi connectivity index (χ2n) is 28.4. The third kappa shape index (κ3) is 25.2. The first-order chi connectivity index (χ1) is 57.7. The van der Waals surface area contributed by atoms with Gasteiger partial charge in [-0.3, -0.25) is 68.0 Å². The molecule has 45 heteroatoms. The molecule has 20 N–H and O–H groups in total. The monoisotopic (exact) mass is 1720 g/mol. The average Bonchev–Trinajstić information content (AvgIpc) is 1.61. The van der Waals surface area contributed by atoms with Crippen molar-refractivity contribution >= 4 is 139 Å². The molecular formula is C76H96N20O23S2. The molecule has 0 aliphatic carbocycles. The molecule has 9 atom stereocenters. The summed E-state index contributed by atoms with van der Waals surface area (Å²) in [5.41, 5.74) is 20.2. The second kappa shape index (κ2) is 43.0. The van der Waals surface area contributed by atoms with Gasteiger partial charge in [-0.05, 0) is 102 Å². The maximum Gasteiger partial charge on any atom is 0.412 e. The Balaban J connectivity index is 0.684. The SMILES string of the molecule is C=C1C[C@H]2C(=O)Nc3cc(OCCCCCOc4cc(N)c(C(=O)N5CC(=C)C[C@H]5C5OCCN5C(=O)OCCSSC[C@H](NC(=O)[C@H](CC(=O)O)NC(=O)[C@H](C)NC(=O)[C@H](CCCNC(=N)N)NC(=O)[C@H](C)NC(=O)CC[C@H](NC(=O)c5ccc(NCc6cnc7nc(N)[nH]c(=O)c7n6)cc5)C(=O)O)C(=O)O)cc4OC)c(OC)cc3C(=O)N2C1. The number of nitrogens with one attached hydrogen (secondary N) is 11. The number of aromatic nitrogens is 4. The van der Waals surface area contributed by atoms with Gasteiger partial charge in [-0.1, -0.05) is 45.9 Å². The number of unbranched alkanes of at least 4 members (excludes halogenated alkanes) is 2. The number of benzene rings is 3. The van der Waals surface area contributed by atoms with E-state index >= 15 is 0 Å². The number of nitrogens with two attached hydrogens (primary N) is 3. The number of methoxy groups -OCH3 is 2. The number of nitrogen functional groups attached to an aromatic ring is 2. The molecule has 0 spiro atoms. The van der Waals surface area contributed by atoms with E-state index in [9.17, 15) is 82.4 Å². The minimum absolute atomic E-state index is 0.0235. The minimum Gasteiger partial charge on any atom is -0.493 e. The number of hydrogen-bond donors (Lipinski definition) is 17. The van der Waals surface area contributed by atoms with Gasteiger partial charge in [0.25, 0.3) is 23.3 Å². The van der Waals surface area contributed by atoms with Crippen LogP contribution in [0.2, 0.25) is 0 Å². The fraction of sp³-hybridized carbons (Fsp3) is 0.447. The fourth-order valence-corrected chi connectivity index (χ4v) is 15.1. The van der Waals surface area contributed by atoms with Crippen LogP contribution in [0.4, 0.5) is 27.8 Å². The molecule has 43 nitrogen and oxygen atoms in total. The molecule has 650 valence electrons. The number of aliphatic carboxylic acids is 3. The van der Waals surface area contributed by atoms with Crippen molar-refractivity contribution in [2.75, 3.05) is 100 Å². The number of ether oxygens (including phenoxy) is 6. The zero-order valence-electron chi connectivity index (χ0n) is 66.4. The van der Waals surface area contributed by atoms with E-state index in [-0.39, 0.29) is 140 Å². The fourth-order valence-electron chi connectivity index (χ4n) is 13.1. The lowest BCUT2D eigenvalue weighted by Crippen LogP contribution is -2.58. The first-order valence-corrected chi connectivity index (χ1v) is 40.6. The summed E-state index contributed by atoms with van der Waals surface area (Å²) in [6.45, 7) is 11.6. The summed E-state index contributed by atoms with van der Waals surface area (Å²) in [6, 6.07) is 1.12. The average molecular weight is 1720 g/mol. The smallest absolute Gasteiger partial charge is 0.412 e. The van der Waals surface area contributed by atoms with Crippen LogP contribution in [0.5, 0.6) is 23.0 Å². The van der Waals surface area contributed by atoms with Gasteiger partial charge < -0.3 is 119 Å². The van der Waals surface area contributed by atoms with Crippen molar-refractivity contribution in [2.45, 2.75) is 139 Å². The Hall–Kier alpha value is -13.2. The minimum atomic E-state index is -1.90. The zero-order valence-corrected chi connectivity index (χ0v) is 68.0. The summed E-state index contributed by atoms with van der Waals surface area (Å²) in [7, 11) is 4.89. The van der Waals surface area contributed by atoms with Crippen molar-refractivity contribution in [3.8, 4) is 23.0 Å². The summed E-state index contributed by atoms with van der Waals surface area (Å²) in [6.07, 6.45) is 0.0996. The Morgan fingerprint density at radius 1 is 0.719 bits per heavy atom. The van der Waals surface area contributed by atoms with Crippen LogP contribution in [0.15, 0.2) is 83.8 Å². The molecule has 4 aliphatic heterocycles. The number of hydrogen-bond acceptors (Lipinski definition) is 29. The molecule has 3 aromatic carbocycles. The number of amides is 10. The highest BCUT2D eigenvalue weighted by molar-refractivity contribution is 8.76. The highest BCUT2D eigenvalue weighted by Gasteiger charge is 2.46. The second-order valence-corrected chi connectivity index (χ2v) is 31.0. The molecule has 4 aliphatic rings. The van der Waals surface area contributed by atoms with Gasteiger partial charge in [-0.2, -0.15) is 4.98 Å². The number of fused-ring (bicyclic) bond motifs is 3. The van der Waals surface area contributed by atoms with Gasteiger partial charge in [-0.25, -0.2) is 24.4 Å². The number of anilines is 4. The van der Waals surface area contributed by atoms with E-state index < -0.39 is 151 Å². The lowest BCUT2D eigenvalue weighted by molar-refractivity contribution is -0.143. The predicted molar refractivity (Wildman–Crippen MR) is 438 cm³/mol. The predicted octanol–water partition coefficient (Wildman–Crippen LogP) is 0.754. The number of aromatic amines is 1. The molecule has 0 radical (unpaired) electrons. The van der Waals surface area contributed by atoms with Gasteiger partial charge in [0.1, 0.15) is 48.9 Å². The van der Waals surface area contributed by atoms with E-state index in [2.05, 4.69) is 80.9 Å². The quantitative estimate of drug-likeness (QED) is 0.00639. The number of nitrogens with zero attached hydrogens (tertiary/aromatic N) is 6. The number of carboxylic acids is 3. The van der Waals surface area contributed by atoms with Gasteiger partial charge in [-0.15, -0.1) is 0 Å². The summed E-state index contributed by atoms with van der Waals surface area (Å²) >= 11 is 0. The lowest BCUT2D eigenvalue weighted by Gasteiger charge is -2.33. The molecule has 0 bridgehead atoms. The molecular weight excluding hydrogens is 1630 g/mol. The highest BCUT2D eigenvalue weighted by Crippen LogP contribution is 2.40. The van der Waals surface area contributed by atoms with Crippen LogP contribution < -0.4 is 89.6 Å². The van der Waals surface area contributed by atoms with Crippen molar-refractivity contribution in [3.05, 3.63) is 112 Å². The van der Waals surface area contributed by atoms with Crippen molar-refractivity contribution < 1.29 is 106 Å². The Morgan fingerprint density at radius 3 is 2.05 bits per heavy atom. The van der Waals surface area contributed by atoms with Gasteiger partial charge in [0.05, 0.1) is 88.3 Å². The normalized spacial score (nSPS) is 16.9. The van der Waals surface area contributed by atoms with Crippen molar-refractivity contribution in [1.29, 1.82) is 5.41 Å². The third-order valence-electron chi connectivity index (χ3n) is 19.4. The van der Waals surface area contributed by atoms with Crippen LogP contribution >= 0.6 is 21.6 Å². The molecule has 10 amide bonds. The Kier molecular flexibility index (Phi) is 32.6. The Bertz CT molecular complexity index is 4850. The number of likely N-dealkylation sites (tertiary alicyclic amines) is 1. The third-order valence-corrected chi connectivity index (χ3v) is 21.7.